The van der Waals surface area contributed by atoms with Crippen LogP contribution in [0.15, 0.2) is 12.2 Å². The summed E-state index contributed by atoms with van der Waals surface area (Å²) in [6.07, 6.45) is 6.18. The summed E-state index contributed by atoms with van der Waals surface area (Å²) in [5.41, 5.74) is 0. The summed E-state index contributed by atoms with van der Waals surface area (Å²) in [7, 11) is 0. The zero-order valence-corrected chi connectivity index (χ0v) is 7.88. The largest absolute Gasteiger partial charge is 0.355 e. The summed E-state index contributed by atoms with van der Waals surface area (Å²) in [6.45, 7) is 2.39. The normalized spacial score (nSPS) is 21.3. The Morgan fingerprint density at radius 2 is 2.38 bits per heavy atom. The van der Waals surface area contributed by atoms with Gasteiger partial charge in [0.1, 0.15) is 5.78 Å². The number of carbonyl (C=O) groups is 2. The second kappa shape index (κ2) is 4.80. The molecule has 0 unspecified atom stereocenters. The molecule has 1 aliphatic heterocycles. The summed E-state index contributed by atoms with van der Waals surface area (Å²) >= 11 is 0. The molecule has 1 amide bonds. The fraction of sp³-hybridized carbons (Fsp3) is 0.600. The first kappa shape index (κ1) is 9.96. The van der Waals surface area contributed by atoms with E-state index in [-0.39, 0.29) is 17.6 Å². The maximum atomic E-state index is 10.8. The molecule has 0 aromatic carbocycles. The van der Waals surface area contributed by atoms with Crippen LogP contribution in [0.3, 0.4) is 0 Å². The quantitative estimate of drug-likeness (QED) is 0.509. The second-order valence-corrected chi connectivity index (χ2v) is 3.39. The van der Waals surface area contributed by atoms with Crippen LogP contribution in [0.2, 0.25) is 0 Å². The van der Waals surface area contributed by atoms with Crippen LogP contribution in [-0.2, 0) is 9.59 Å². The van der Waals surface area contributed by atoms with Crippen LogP contribution in [0, 0.1) is 5.92 Å². The molecule has 3 nitrogen and oxygen atoms in total. The van der Waals surface area contributed by atoms with Crippen molar-refractivity contribution in [2.24, 2.45) is 5.92 Å². The maximum Gasteiger partial charge on any atom is 0.225 e. The van der Waals surface area contributed by atoms with Crippen LogP contribution in [0.1, 0.15) is 26.2 Å². The molecule has 0 bridgehead atoms. The van der Waals surface area contributed by atoms with Gasteiger partial charge in [-0.25, -0.2) is 0 Å². The molecule has 1 fully saturated rings. The third-order valence-electron chi connectivity index (χ3n) is 2.14. The summed E-state index contributed by atoms with van der Waals surface area (Å²) in [6, 6.07) is 0. The molecule has 72 valence electrons. The van der Waals surface area contributed by atoms with Gasteiger partial charge >= 0.3 is 0 Å². The van der Waals surface area contributed by atoms with Crippen LogP contribution < -0.4 is 5.32 Å². The van der Waals surface area contributed by atoms with Crippen molar-refractivity contribution in [1.82, 2.24) is 5.32 Å². The lowest BCUT2D eigenvalue weighted by molar-refractivity contribution is -0.130. The Morgan fingerprint density at radius 1 is 1.62 bits per heavy atom. The van der Waals surface area contributed by atoms with E-state index >= 15 is 0 Å². The van der Waals surface area contributed by atoms with Gasteiger partial charge in [-0.3, -0.25) is 4.79 Å². The average Bonchev–Trinajstić information content (AvgIpc) is 2.08. The molecule has 0 aromatic heterocycles. The molecule has 0 aromatic rings. The SMILES string of the molecule is CC(=O)CC/C=C/C[C@H]1CNC1=O. The van der Waals surface area contributed by atoms with E-state index in [9.17, 15) is 9.59 Å². The molecule has 0 radical (unpaired) electrons. The van der Waals surface area contributed by atoms with Crippen molar-refractivity contribution in [2.75, 3.05) is 6.54 Å². The predicted octanol–water partition coefficient (Wildman–Crippen LogP) is 1.05. The first-order valence-corrected chi connectivity index (χ1v) is 4.62. The van der Waals surface area contributed by atoms with Gasteiger partial charge in [0.05, 0.1) is 5.92 Å². The van der Waals surface area contributed by atoms with Gasteiger partial charge < -0.3 is 10.1 Å². The molecule has 1 rings (SSSR count). The number of β-lactam (4-membered cyclic amide) rings is 1. The van der Waals surface area contributed by atoms with Crippen LogP contribution in [0.4, 0.5) is 0 Å². The molecule has 0 saturated carbocycles. The highest BCUT2D eigenvalue weighted by Crippen LogP contribution is 2.10. The molecule has 13 heavy (non-hydrogen) atoms. The van der Waals surface area contributed by atoms with E-state index in [2.05, 4.69) is 5.32 Å². The van der Waals surface area contributed by atoms with Crippen LogP contribution in [0.5, 0.6) is 0 Å². The molecule has 1 N–H and O–H groups in total. The fourth-order valence-electron chi connectivity index (χ4n) is 1.19. The van der Waals surface area contributed by atoms with E-state index in [0.717, 1.165) is 19.4 Å². The maximum absolute atomic E-state index is 10.8. The van der Waals surface area contributed by atoms with Gasteiger partial charge in [0, 0.05) is 13.0 Å². The van der Waals surface area contributed by atoms with E-state index in [0.29, 0.717) is 6.42 Å². The molecule has 1 aliphatic rings. The Balaban J connectivity index is 2.04. The van der Waals surface area contributed by atoms with Gasteiger partial charge in [0.25, 0.3) is 0 Å². The summed E-state index contributed by atoms with van der Waals surface area (Å²) < 4.78 is 0. The van der Waals surface area contributed by atoms with Gasteiger partial charge in [-0.2, -0.15) is 0 Å². The molecule has 0 spiro atoms. The van der Waals surface area contributed by atoms with Crippen molar-refractivity contribution in [1.29, 1.82) is 0 Å². The lowest BCUT2D eigenvalue weighted by Crippen LogP contribution is -2.48. The summed E-state index contributed by atoms with van der Waals surface area (Å²) in [5.74, 6) is 0.538. The second-order valence-electron chi connectivity index (χ2n) is 3.39. The highest BCUT2D eigenvalue weighted by Gasteiger charge is 2.25. The first-order valence-electron chi connectivity index (χ1n) is 4.62. The predicted molar refractivity (Wildman–Crippen MR) is 50.2 cm³/mol. The summed E-state index contributed by atoms with van der Waals surface area (Å²) in [4.78, 5) is 21.4. The Bertz CT molecular complexity index is 233. The van der Waals surface area contributed by atoms with Crippen molar-refractivity contribution in [3.05, 3.63) is 12.2 Å². The minimum Gasteiger partial charge on any atom is -0.355 e. The third-order valence-corrected chi connectivity index (χ3v) is 2.14. The lowest BCUT2D eigenvalue weighted by atomic mass is 9.98. The van der Waals surface area contributed by atoms with Crippen molar-refractivity contribution in [2.45, 2.75) is 26.2 Å². The molecule has 1 heterocycles. The zero-order valence-electron chi connectivity index (χ0n) is 7.88. The number of carbonyl (C=O) groups excluding carboxylic acids is 2. The Hall–Kier alpha value is -1.12. The van der Waals surface area contributed by atoms with Crippen LogP contribution >= 0.6 is 0 Å². The highest BCUT2D eigenvalue weighted by atomic mass is 16.2. The van der Waals surface area contributed by atoms with E-state index in [1.54, 1.807) is 6.92 Å². The number of hydrogen-bond donors (Lipinski definition) is 1. The van der Waals surface area contributed by atoms with Crippen molar-refractivity contribution in [3.8, 4) is 0 Å². The standard InChI is InChI=1S/C10H15NO2/c1-8(12)5-3-2-4-6-9-7-11-10(9)13/h2,4,9H,3,5-7H2,1H3,(H,11,13)/b4-2+/t9-/m0/s1. The third kappa shape index (κ3) is 3.40. The topological polar surface area (TPSA) is 46.2 Å². The Labute approximate surface area is 78.2 Å². The van der Waals surface area contributed by atoms with Crippen LogP contribution in [-0.4, -0.2) is 18.2 Å². The number of hydrogen-bond acceptors (Lipinski definition) is 2. The molecule has 1 atom stereocenters. The Kier molecular flexibility index (Phi) is 3.68. The molecule has 0 aliphatic carbocycles. The smallest absolute Gasteiger partial charge is 0.225 e. The minimum atomic E-state index is 0.149. The number of ketones is 1. The van der Waals surface area contributed by atoms with Gasteiger partial charge in [0.15, 0.2) is 0 Å². The van der Waals surface area contributed by atoms with E-state index in [1.807, 2.05) is 12.2 Å². The van der Waals surface area contributed by atoms with Gasteiger partial charge in [-0.15, -0.1) is 0 Å². The number of nitrogens with one attached hydrogen (secondary N) is 1. The number of rotatable bonds is 5. The Morgan fingerprint density at radius 3 is 2.85 bits per heavy atom. The number of Topliss-reactive ketones (excluding diaryl/α,β-unsaturated/α-hetero) is 1. The molecule has 1 saturated heterocycles. The van der Waals surface area contributed by atoms with E-state index in [1.165, 1.54) is 0 Å². The van der Waals surface area contributed by atoms with Crippen molar-refractivity contribution >= 4 is 11.7 Å². The zero-order chi connectivity index (χ0) is 9.68. The van der Waals surface area contributed by atoms with E-state index < -0.39 is 0 Å². The molecule has 3 heteroatoms. The van der Waals surface area contributed by atoms with Gasteiger partial charge in [-0.1, -0.05) is 12.2 Å². The number of allylic oxidation sites excluding steroid dienone is 2. The first-order chi connectivity index (χ1) is 6.20. The fourth-order valence-corrected chi connectivity index (χ4v) is 1.19. The molecular formula is C10H15NO2. The highest BCUT2D eigenvalue weighted by molar-refractivity contribution is 5.84. The lowest BCUT2D eigenvalue weighted by Gasteiger charge is -2.24. The average molecular weight is 181 g/mol. The minimum absolute atomic E-state index is 0.149. The number of amides is 1. The van der Waals surface area contributed by atoms with Crippen molar-refractivity contribution in [3.63, 3.8) is 0 Å². The molecular weight excluding hydrogens is 166 g/mol. The van der Waals surface area contributed by atoms with Crippen LogP contribution in [0.25, 0.3) is 0 Å². The summed E-state index contributed by atoms with van der Waals surface area (Å²) in [5, 5.41) is 2.69. The van der Waals surface area contributed by atoms with Gasteiger partial charge in [0.2, 0.25) is 5.91 Å². The monoisotopic (exact) mass is 181 g/mol. The van der Waals surface area contributed by atoms with E-state index in [4.69, 9.17) is 0 Å². The van der Waals surface area contributed by atoms with Crippen molar-refractivity contribution < 1.29 is 9.59 Å². The van der Waals surface area contributed by atoms with Gasteiger partial charge in [-0.05, 0) is 19.8 Å².